The summed E-state index contributed by atoms with van der Waals surface area (Å²) < 4.78 is 5.12. The number of carbonyl (C=O) groups excluding carboxylic acids is 1. The van der Waals surface area contributed by atoms with Crippen molar-refractivity contribution in [2.45, 2.75) is 13.0 Å². The minimum atomic E-state index is -0.283. The Morgan fingerprint density at radius 3 is 2.70 bits per heavy atom. The van der Waals surface area contributed by atoms with E-state index >= 15 is 0 Å². The maximum atomic E-state index is 12.0. The predicted molar refractivity (Wildman–Crippen MR) is 91.6 cm³/mol. The van der Waals surface area contributed by atoms with Crippen LogP contribution in [0.25, 0.3) is 0 Å². The van der Waals surface area contributed by atoms with Gasteiger partial charge in [-0.25, -0.2) is 4.99 Å². The molecule has 0 aliphatic heterocycles. The number of aliphatic imine (C=N–C) groups is 1. The molecule has 0 saturated carbocycles. The third-order valence-corrected chi connectivity index (χ3v) is 3.51. The van der Waals surface area contributed by atoms with Gasteiger partial charge >= 0.3 is 0 Å². The zero-order valence-electron chi connectivity index (χ0n) is 12.8. The van der Waals surface area contributed by atoms with Gasteiger partial charge in [-0.2, -0.15) is 0 Å². The van der Waals surface area contributed by atoms with Crippen LogP contribution < -0.4 is 15.8 Å². The molecular weight excluding hydrogens is 314 g/mol. The van der Waals surface area contributed by atoms with Crippen molar-refractivity contribution in [3.63, 3.8) is 0 Å². The van der Waals surface area contributed by atoms with Crippen molar-refractivity contribution in [2.75, 3.05) is 7.11 Å². The first-order chi connectivity index (χ1) is 11.1. The van der Waals surface area contributed by atoms with Crippen LogP contribution in [-0.2, 0) is 17.8 Å². The number of hydrogen-bond acceptors (Lipinski definition) is 3. The fraction of sp³-hybridized carbons (Fsp3) is 0.176. The minimum Gasteiger partial charge on any atom is -0.497 e. The van der Waals surface area contributed by atoms with Crippen molar-refractivity contribution in [3.8, 4) is 5.75 Å². The van der Waals surface area contributed by atoms with Gasteiger partial charge in [0.2, 0.25) is 5.91 Å². The van der Waals surface area contributed by atoms with Gasteiger partial charge in [0.25, 0.3) is 0 Å². The van der Waals surface area contributed by atoms with Crippen molar-refractivity contribution >= 4 is 23.5 Å². The van der Waals surface area contributed by atoms with E-state index < -0.39 is 0 Å². The summed E-state index contributed by atoms with van der Waals surface area (Å²) >= 11 is 6.08. The molecule has 0 unspecified atom stereocenters. The highest BCUT2D eigenvalue weighted by Crippen LogP contribution is 2.22. The lowest BCUT2D eigenvalue weighted by molar-refractivity contribution is -0.119. The van der Waals surface area contributed by atoms with Crippen molar-refractivity contribution in [1.82, 2.24) is 5.32 Å². The number of nitrogens with zero attached hydrogens (tertiary/aromatic N) is 1. The number of amides is 1. The predicted octanol–water partition coefficient (Wildman–Crippen LogP) is 2.52. The standard InChI is InChI=1S/C17H18ClN3O2/c1-23-14-7-8-15(18)13(9-14)10-16(22)21-17(19)20-11-12-5-3-2-4-6-12/h2-9H,10-11H2,1H3,(H3,19,20,21,22). The van der Waals surface area contributed by atoms with Gasteiger partial charge < -0.3 is 10.5 Å². The Kier molecular flexibility index (Phi) is 6.00. The second-order valence-corrected chi connectivity index (χ2v) is 5.28. The third-order valence-electron chi connectivity index (χ3n) is 3.15. The largest absolute Gasteiger partial charge is 0.497 e. The van der Waals surface area contributed by atoms with E-state index in [9.17, 15) is 4.79 Å². The van der Waals surface area contributed by atoms with Gasteiger partial charge in [-0.3, -0.25) is 10.1 Å². The van der Waals surface area contributed by atoms with E-state index in [2.05, 4.69) is 10.3 Å². The number of nitrogens with two attached hydrogens (primary N) is 1. The highest BCUT2D eigenvalue weighted by Gasteiger charge is 2.09. The van der Waals surface area contributed by atoms with Crippen LogP contribution in [0.3, 0.4) is 0 Å². The molecule has 120 valence electrons. The number of benzene rings is 2. The summed E-state index contributed by atoms with van der Waals surface area (Å²) in [5, 5.41) is 3.05. The molecule has 6 heteroatoms. The Labute approximate surface area is 140 Å². The number of ether oxygens (including phenoxy) is 1. The van der Waals surface area contributed by atoms with E-state index in [1.807, 2.05) is 30.3 Å². The summed E-state index contributed by atoms with van der Waals surface area (Å²) in [4.78, 5) is 16.2. The molecule has 0 bridgehead atoms. The molecule has 3 N–H and O–H groups in total. The van der Waals surface area contributed by atoms with Gasteiger partial charge in [0.05, 0.1) is 20.1 Å². The smallest absolute Gasteiger partial charge is 0.231 e. The van der Waals surface area contributed by atoms with E-state index in [0.717, 1.165) is 5.56 Å². The molecule has 0 radical (unpaired) electrons. The molecule has 23 heavy (non-hydrogen) atoms. The van der Waals surface area contributed by atoms with Crippen LogP contribution in [0, 0.1) is 0 Å². The van der Waals surface area contributed by atoms with E-state index in [-0.39, 0.29) is 18.3 Å². The van der Waals surface area contributed by atoms with E-state index in [1.165, 1.54) is 0 Å². The Balaban J connectivity index is 1.94. The fourth-order valence-electron chi connectivity index (χ4n) is 1.97. The Bertz CT molecular complexity index is 702. The minimum absolute atomic E-state index is 0.0814. The molecule has 0 saturated heterocycles. The first-order valence-electron chi connectivity index (χ1n) is 7.04. The molecule has 0 aliphatic carbocycles. The van der Waals surface area contributed by atoms with E-state index in [4.69, 9.17) is 22.1 Å². The number of rotatable bonds is 5. The number of guanidine groups is 1. The Morgan fingerprint density at radius 1 is 1.26 bits per heavy atom. The molecular formula is C17H18ClN3O2. The number of methoxy groups -OCH3 is 1. The molecule has 0 fully saturated rings. The summed E-state index contributed by atoms with van der Waals surface area (Å²) in [7, 11) is 1.56. The maximum absolute atomic E-state index is 12.0. The van der Waals surface area contributed by atoms with Crippen LogP contribution in [-0.4, -0.2) is 19.0 Å². The van der Waals surface area contributed by atoms with Gasteiger partial charge in [0.1, 0.15) is 5.75 Å². The van der Waals surface area contributed by atoms with Gasteiger partial charge in [0, 0.05) is 5.02 Å². The lowest BCUT2D eigenvalue weighted by atomic mass is 10.1. The van der Waals surface area contributed by atoms with Crippen LogP contribution in [0.15, 0.2) is 53.5 Å². The number of carbonyl (C=O) groups is 1. The molecule has 2 aromatic rings. The Morgan fingerprint density at radius 2 is 2.00 bits per heavy atom. The Hall–Kier alpha value is -2.53. The van der Waals surface area contributed by atoms with Gasteiger partial charge in [0.15, 0.2) is 5.96 Å². The topological polar surface area (TPSA) is 76.7 Å². The van der Waals surface area contributed by atoms with Gasteiger partial charge in [-0.15, -0.1) is 0 Å². The lowest BCUT2D eigenvalue weighted by Crippen LogP contribution is -2.37. The molecule has 2 aromatic carbocycles. The summed E-state index contributed by atoms with van der Waals surface area (Å²) in [6.45, 7) is 0.410. The zero-order chi connectivity index (χ0) is 16.7. The summed E-state index contributed by atoms with van der Waals surface area (Å²) in [6.07, 6.45) is 0.0948. The second kappa shape index (κ2) is 8.19. The van der Waals surface area contributed by atoms with Crippen molar-refractivity contribution in [1.29, 1.82) is 0 Å². The van der Waals surface area contributed by atoms with Crippen molar-refractivity contribution < 1.29 is 9.53 Å². The van der Waals surface area contributed by atoms with Crippen molar-refractivity contribution in [2.24, 2.45) is 10.7 Å². The second-order valence-electron chi connectivity index (χ2n) is 4.87. The molecule has 0 aliphatic rings. The average Bonchev–Trinajstić information content (AvgIpc) is 2.56. The fourth-order valence-corrected chi connectivity index (χ4v) is 2.16. The SMILES string of the molecule is COc1ccc(Cl)c(CC(=O)NC(N)=NCc2ccccc2)c1. The van der Waals surface area contributed by atoms with Crippen LogP contribution in [0.5, 0.6) is 5.75 Å². The average molecular weight is 332 g/mol. The van der Waals surface area contributed by atoms with E-state index in [1.54, 1.807) is 25.3 Å². The third kappa shape index (κ3) is 5.30. The molecule has 0 atom stereocenters. The molecule has 0 spiro atoms. The lowest BCUT2D eigenvalue weighted by Gasteiger charge is -2.08. The molecule has 0 heterocycles. The maximum Gasteiger partial charge on any atom is 0.231 e. The van der Waals surface area contributed by atoms with Crippen LogP contribution in [0.2, 0.25) is 5.02 Å². The quantitative estimate of drug-likeness (QED) is 0.653. The van der Waals surface area contributed by atoms with Crippen LogP contribution >= 0.6 is 11.6 Å². The highest BCUT2D eigenvalue weighted by atomic mass is 35.5. The van der Waals surface area contributed by atoms with Gasteiger partial charge in [-0.1, -0.05) is 41.9 Å². The number of hydrogen-bond donors (Lipinski definition) is 2. The zero-order valence-corrected chi connectivity index (χ0v) is 13.5. The normalized spacial score (nSPS) is 11.1. The molecule has 2 rings (SSSR count). The van der Waals surface area contributed by atoms with Gasteiger partial charge in [-0.05, 0) is 29.3 Å². The molecule has 1 amide bonds. The highest BCUT2D eigenvalue weighted by molar-refractivity contribution is 6.31. The first kappa shape index (κ1) is 16.8. The molecule has 0 aromatic heterocycles. The molecule has 5 nitrogen and oxygen atoms in total. The van der Waals surface area contributed by atoms with E-state index in [0.29, 0.717) is 22.9 Å². The summed E-state index contributed by atoms with van der Waals surface area (Å²) in [5.74, 6) is 0.440. The monoisotopic (exact) mass is 331 g/mol. The summed E-state index contributed by atoms with van der Waals surface area (Å²) in [5.41, 5.74) is 7.41. The first-order valence-corrected chi connectivity index (χ1v) is 7.42. The summed E-state index contributed by atoms with van der Waals surface area (Å²) in [6, 6.07) is 14.8. The number of nitrogens with one attached hydrogen (secondary N) is 1. The van der Waals surface area contributed by atoms with Crippen LogP contribution in [0.1, 0.15) is 11.1 Å². The van der Waals surface area contributed by atoms with Crippen molar-refractivity contribution in [3.05, 3.63) is 64.7 Å². The van der Waals surface area contributed by atoms with Crippen LogP contribution in [0.4, 0.5) is 0 Å². The number of halogens is 1.